The quantitative estimate of drug-likeness (QED) is 0.545. The smallest absolute Gasteiger partial charge is 0.408 e. The van der Waals surface area contributed by atoms with Crippen LogP contribution in [0.25, 0.3) is 0 Å². The molecule has 0 radical (unpaired) electrons. The summed E-state index contributed by atoms with van der Waals surface area (Å²) < 4.78 is 5.65. The van der Waals surface area contributed by atoms with Gasteiger partial charge in [0.2, 0.25) is 0 Å². The van der Waals surface area contributed by atoms with E-state index < -0.39 is 11.6 Å². The Kier molecular flexibility index (Phi) is 6.16. The number of pyridine rings is 1. The molecular formula is C24H31N5O4. The molecule has 2 atom stereocenters. The maximum Gasteiger partial charge on any atom is 0.408 e. The van der Waals surface area contributed by atoms with Gasteiger partial charge in [-0.2, -0.15) is 0 Å². The Morgan fingerprint density at radius 1 is 1.30 bits per heavy atom. The lowest BCUT2D eigenvalue weighted by atomic mass is 9.96. The molecule has 0 unspecified atom stereocenters. The maximum atomic E-state index is 12.5. The average Bonchev–Trinajstić information content (AvgIpc) is 3.09. The summed E-state index contributed by atoms with van der Waals surface area (Å²) in [6, 6.07) is 9.17. The van der Waals surface area contributed by atoms with Crippen molar-refractivity contribution in [1.82, 2.24) is 15.2 Å². The number of ether oxygens (including phenoxy) is 1. The van der Waals surface area contributed by atoms with Crippen molar-refractivity contribution >= 4 is 29.3 Å². The number of amides is 2. The van der Waals surface area contributed by atoms with Gasteiger partial charge in [0, 0.05) is 24.4 Å². The number of fused-ring (bicyclic) bond motifs is 1. The van der Waals surface area contributed by atoms with Crippen molar-refractivity contribution in [3.05, 3.63) is 47.0 Å². The molecule has 0 spiro atoms. The largest absolute Gasteiger partial charge is 0.465 e. The van der Waals surface area contributed by atoms with Gasteiger partial charge in [0.1, 0.15) is 11.6 Å². The molecule has 0 aliphatic carbocycles. The summed E-state index contributed by atoms with van der Waals surface area (Å²) >= 11 is 0. The molecule has 9 heteroatoms. The number of hydrogen-bond donors (Lipinski definition) is 4. The fourth-order valence-corrected chi connectivity index (χ4v) is 4.54. The van der Waals surface area contributed by atoms with E-state index in [0.29, 0.717) is 43.4 Å². The van der Waals surface area contributed by atoms with Crippen LogP contribution in [-0.4, -0.2) is 57.8 Å². The molecule has 0 saturated carbocycles. The zero-order chi connectivity index (χ0) is 23.8. The van der Waals surface area contributed by atoms with Crippen LogP contribution < -0.4 is 16.0 Å². The van der Waals surface area contributed by atoms with Crippen molar-refractivity contribution in [3.8, 4) is 0 Å². The first kappa shape index (κ1) is 22.8. The minimum Gasteiger partial charge on any atom is -0.465 e. The third kappa shape index (κ3) is 4.88. The second kappa shape index (κ2) is 8.90. The Labute approximate surface area is 193 Å². The molecule has 3 heterocycles. The van der Waals surface area contributed by atoms with Crippen LogP contribution in [0.5, 0.6) is 0 Å². The number of nitrogens with zero attached hydrogens (tertiary/aromatic N) is 2. The summed E-state index contributed by atoms with van der Waals surface area (Å²) in [4.78, 5) is 30.7. The van der Waals surface area contributed by atoms with E-state index >= 15 is 0 Å². The summed E-state index contributed by atoms with van der Waals surface area (Å²) in [6.07, 6.45) is -0.343. The van der Waals surface area contributed by atoms with Crippen LogP contribution in [0.15, 0.2) is 30.3 Å². The number of rotatable bonds is 5. The highest BCUT2D eigenvalue weighted by molar-refractivity contribution is 6.03. The van der Waals surface area contributed by atoms with E-state index in [4.69, 9.17) is 9.72 Å². The van der Waals surface area contributed by atoms with Gasteiger partial charge in [0.05, 0.1) is 24.3 Å². The second-order valence-corrected chi connectivity index (χ2v) is 9.57. The number of nitrogens with one attached hydrogen (secondary N) is 3. The fourth-order valence-electron chi connectivity index (χ4n) is 4.54. The van der Waals surface area contributed by atoms with Crippen LogP contribution in [0.3, 0.4) is 0 Å². The lowest BCUT2D eigenvalue weighted by molar-refractivity contribution is -0.0155. The van der Waals surface area contributed by atoms with E-state index in [1.54, 1.807) is 0 Å². The van der Waals surface area contributed by atoms with E-state index in [2.05, 4.69) is 16.0 Å². The first-order valence-electron chi connectivity index (χ1n) is 11.2. The van der Waals surface area contributed by atoms with E-state index in [9.17, 15) is 14.7 Å². The molecule has 2 aliphatic rings. The first-order chi connectivity index (χ1) is 15.6. The monoisotopic (exact) mass is 453 g/mol. The number of carbonyl (C=O) groups excluding carboxylic acids is 1. The van der Waals surface area contributed by atoms with Gasteiger partial charge in [-0.3, -0.25) is 9.69 Å². The van der Waals surface area contributed by atoms with Gasteiger partial charge in [0.25, 0.3) is 5.91 Å². The van der Waals surface area contributed by atoms with E-state index in [1.165, 1.54) is 4.90 Å². The van der Waals surface area contributed by atoms with Gasteiger partial charge in [-0.1, -0.05) is 12.1 Å². The van der Waals surface area contributed by atoms with Crippen LogP contribution in [0.2, 0.25) is 0 Å². The Hall–Kier alpha value is -3.33. The topological polar surface area (TPSA) is 116 Å². The first-order valence-corrected chi connectivity index (χ1v) is 11.2. The Morgan fingerprint density at radius 2 is 2.09 bits per heavy atom. The van der Waals surface area contributed by atoms with E-state index in [1.807, 2.05) is 58.0 Å². The van der Waals surface area contributed by atoms with Gasteiger partial charge in [-0.15, -0.1) is 0 Å². The van der Waals surface area contributed by atoms with E-state index in [-0.39, 0.29) is 18.0 Å². The lowest BCUT2D eigenvalue weighted by Crippen LogP contribution is -2.60. The van der Waals surface area contributed by atoms with Gasteiger partial charge in [-0.25, -0.2) is 9.78 Å². The fraction of sp³-hybridized carbons (Fsp3) is 0.458. The van der Waals surface area contributed by atoms with Crippen LogP contribution in [0.4, 0.5) is 22.1 Å². The molecule has 4 rings (SSSR count). The van der Waals surface area contributed by atoms with Crippen molar-refractivity contribution in [2.75, 3.05) is 23.8 Å². The lowest BCUT2D eigenvalue weighted by Gasteiger charge is -2.45. The second-order valence-electron chi connectivity index (χ2n) is 9.57. The van der Waals surface area contributed by atoms with Gasteiger partial charge in [-0.05, 0) is 63.4 Å². The number of carbonyl (C=O) groups is 2. The number of aryl methyl sites for hydroxylation is 1. The van der Waals surface area contributed by atoms with Crippen molar-refractivity contribution in [3.63, 3.8) is 0 Å². The SMILES string of the molecule is Cc1cccc(Nc2nc(N[C@@H]3CCOC[C@@H]3N(C(=O)O)C(C)(C)C)cc3c2C(=O)NC3)c1. The van der Waals surface area contributed by atoms with Crippen LogP contribution in [0, 0.1) is 6.92 Å². The highest BCUT2D eigenvalue weighted by Gasteiger charge is 2.40. The third-order valence-electron chi connectivity index (χ3n) is 5.97. The Balaban J connectivity index is 1.66. The van der Waals surface area contributed by atoms with Crippen molar-refractivity contribution in [2.45, 2.75) is 58.3 Å². The summed E-state index contributed by atoms with van der Waals surface area (Å²) in [6.45, 7) is 8.90. The number of carboxylic acid groups (broad SMARTS) is 1. The van der Waals surface area contributed by atoms with Crippen molar-refractivity contribution < 1.29 is 19.4 Å². The Morgan fingerprint density at radius 3 is 2.79 bits per heavy atom. The maximum absolute atomic E-state index is 12.5. The zero-order valence-electron chi connectivity index (χ0n) is 19.4. The molecule has 9 nitrogen and oxygen atoms in total. The molecule has 2 aliphatic heterocycles. The molecule has 1 aromatic heterocycles. The van der Waals surface area contributed by atoms with Gasteiger partial charge >= 0.3 is 6.09 Å². The van der Waals surface area contributed by atoms with Gasteiger partial charge in [0.15, 0.2) is 0 Å². The molecule has 0 bridgehead atoms. The summed E-state index contributed by atoms with van der Waals surface area (Å²) in [7, 11) is 0. The molecule has 2 aromatic rings. The molecule has 4 N–H and O–H groups in total. The predicted octanol–water partition coefficient (Wildman–Crippen LogP) is 3.72. The van der Waals surface area contributed by atoms with Gasteiger partial charge < -0.3 is 25.8 Å². The van der Waals surface area contributed by atoms with E-state index in [0.717, 1.165) is 16.8 Å². The zero-order valence-corrected chi connectivity index (χ0v) is 19.4. The standard InChI is InChI=1S/C24H31N5O4/c1-14-6-5-7-16(10-14)26-21-20-15(12-25-22(20)30)11-19(28-21)27-17-8-9-33-13-18(17)29(23(31)32)24(2,3)4/h5-7,10-11,17-18H,8-9,12-13H2,1-4H3,(H,25,30)(H,31,32)(H2,26,27,28)/t17-,18+/m1/s1. The molecule has 1 aromatic carbocycles. The average molecular weight is 454 g/mol. The number of aromatic nitrogens is 1. The van der Waals surface area contributed by atoms with Crippen molar-refractivity contribution in [2.24, 2.45) is 0 Å². The minimum atomic E-state index is -0.983. The molecule has 2 amide bonds. The summed E-state index contributed by atoms with van der Waals surface area (Å²) in [5, 5.41) is 19.5. The molecule has 33 heavy (non-hydrogen) atoms. The van der Waals surface area contributed by atoms with Crippen molar-refractivity contribution in [1.29, 1.82) is 0 Å². The number of anilines is 3. The number of benzene rings is 1. The molecule has 176 valence electrons. The minimum absolute atomic E-state index is 0.159. The summed E-state index contributed by atoms with van der Waals surface area (Å²) in [5.74, 6) is 0.912. The third-order valence-corrected chi connectivity index (χ3v) is 5.97. The van der Waals surface area contributed by atoms with Crippen LogP contribution >= 0.6 is 0 Å². The molecule has 1 saturated heterocycles. The van der Waals surface area contributed by atoms with Crippen LogP contribution in [0.1, 0.15) is 48.7 Å². The number of hydrogen-bond acceptors (Lipinski definition) is 6. The molecule has 1 fully saturated rings. The van der Waals surface area contributed by atoms with Crippen LogP contribution in [-0.2, 0) is 11.3 Å². The normalized spacial score (nSPS) is 20.1. The molecular weight excluding hydrogens is 422 g/mol. The highest BCUT2D eigenvalue weighted by atomic mass is 16.5. The summed E-state index contributed by atoms with van der Waals surface area (Å²) in [5.41, 5.74) is 2.73. The predicted molar refractivity (Wildman–Crippen MR) is 126 cm³/mol. The Bertz CT molecular complexity index is 1070. The highest BCUT2D eigenvalue weighted by Crippen LogP contribution is 2.31.